The molecule has 1 atom stereocenters. The number of aliphatic imine (C=N–C) groups is 1. The van der Waals surface area contributed by atoms with Crippen LogP contribution < -0.4 is 5.32 Å². The van der Waals surface area contributed by atoms with E-state index in [4.69, 9.17) is 9.73 Å². The number of carbonyl (C=O) groups is 1. The maximum atomic E-state index is 13.5. The maximum absolute atomic E-state index is 13.5. The Morgan fingerprint density at radius 2 is 1.87 bits per heavy atom. The van der Waals surface area contributed by atoms with E-state index in [0.29, 0.717) is 36.8 Å². The monoisotopic (exact) mass is 529 g/mol. The first-order valence-corrected chi connectivity index (χ1v) is 12.2. The van der Waals surface area contributed by atoms with Crippen molar-refractivity contribution in [2.24, 2.45) is 4.99 Å². The highest BCUT2D eigenvalue weighted by Gasteiger charge is 2.46. The first kappa shape index (κ1) is 27.1. The standard InChI is InChI=1S/C28H29N7O2.H2S/c1-28(2)21-15-30-25(33-26-19-12-8-9-13-22(19)31-24(14-29)32-26)20(21)16-35(28)27(36)37-23(17-34(3)4)18-10-6-5-7-11-18;/h5-13,23H,15-17H2,1-4H3,(H,30,31,32,33);1H2/t23-;/m1./s1. The lowest BCUT2D eigenvalue weighted by Crippen LogP contribution is -2.47. The Morgan fingerprint density at radius 3 is 2.58 bits per heavy atom. The number of rotatable bonds is 5. The van der Waals surface area contributed by atoms with Crippen molar-refractivity contribution in [3.63, 3.8) is 0 Å². The van der Waals surface area contributed by atoms with Gasteiger partial charge in [-0.05, 0) is 51.2 Å². The summed E-state index contributed by atoms with van der Waals surface area (Å²) in [7, 11) is 3.92. The molecule has 1 N–H and O–H groups in total. The molecular weight excluding hydrogens is 498 g/mol. The van der Waals surface area contributed by atoms with Gasteiger partial charge in [-0.25, -0.2) is 14.8 Å². The topological polar surface area (TPSA) is 107 Å². The number of carbonyl (C=O) groups excluding carboxylic acids is 1. The van der Waals surface area contributed by atoms with Gasteiger partial charge in [0.2, 0.25) is 5.82 Å². The van der Waals surface area contributed by atoms with E-state index in [9.17, 15) is 10.1 Å². The van der Waals surface area contributed by atoms with Crippen molar-refractivity contribution in [1.29, 1.82) is 5.26 Å². The largest absolute Gasteiger partial charge is 0.440 e. The first-order chi connectivity index (χ1) is 17.8. The lowest BCUT2D eigenvalue weighted by molar-refractivity contribution is 0.0383. The normalized spacial score (nSPS) is 16.5. The first-order valence-electron chi connectivity index (χ1n) is 12.2. The van der Waals surface area contributed by atoms with E-state index in [1.54, 1.807) is 4.90 Å². The molecule has 5 rings (SSSR count). The zero-order chi connectivity index (χ0) is 26.2. The van der Waals surface area contributed by atoms with Crippen molar-refractivity contribution in [3.05, 3.63) is 77.1 Å². The van der Waals surface area contributed by atoms with E-state index in [-0.39, 0.29) is 25.4 Å². The second-order valence-electron chi connectivity index (χ2n) is 9.96. The third-order valence-electron chi connectivity index (χ3n) is 6.88. The van der Waals surface area contributed by atoms with Gasteiger partial charge in [-0.1, -0.05) is 42.5 Å². The SMILES string of the molecule is CN(C)C[C@@H](OC(=O)N1CC2=C(CN=C2Nc2nc(C#N)nc3ccccc23)C1(C)C)c1ccccc1.S. The summed E-state index contributed by atoms with van der Waals surface area (Å²) in [6, 6.07) is 19.3. The number of aromatic nitrogens is 2. The maximum Gasteiger partial charge on any atom is 0.411 e. The second kappa shape index (κ2) is 10.8. The smallest absolute Gasteiger partial charge is 0.411 e. The average Bonchev–Trinajstić information content (AvgIpc) is 3.41. The second-order valence-corrected chi connectivity index (χ2v) is 9.96. The van der Waals surface area contributed by atoms with Gasteiger partial charge in [-0.3, -0.25) is 9.89 Å². The molecule has 10 heteroatoms. The quantitative estimate of drug-likeness (QED) is 0.526. The number of likely N-dealkylation sites (N-methyl/N-ethyl adjacent to an activating group) is 1. The van der Waals surface area contributed by atoms with Crippen LogP contribution in [0, 0.1) is 11.3 Å². The molecule has 3 aromatic rings. The molecule has 9 nitrogen and oxygen atoms in total. The van der Waals surface area contributed by atoms with E-state index in [0.717, 1.165) is 22.1 Å². The van der Waals surface area contributed by atoms with Crippen molar-refractivity contribution in [3.8, 4) is 6.07 Å². The molecule has 0 aliphatic carbocycles. The van der Waals surface area contributed by atoms with Crippen LogP contribution in [0.3, 0.4) is 0 Å². The van der Waals surface area contributed by atoms with Gasteiger partial charge in [-0.2, -0.15) is 18.8 Å². The number of nitrogens with zero attached hydrogens (tertiary/aromatic N) is 6. The minimum absolute atomic E-state index is 0. The van der Waals surface area contributed by atoms with Gasteiger partial charge in [0.05, 0.1) is 24.1 Å². The van der Waals surface area contributed by atoms with Gasteiger partial charge < -0.3 is 15.0 Å². The minimum Gasteiger partial charge on any atom is -0.440 e. The van der Waals surface area contributed by atoms with Crippen molar-refractivity contribution < 1.29 is 9.53 Å². The van der Waals surface area contributed by atoms with Crippen LogP contribution in [-0.4, -0.2) is 71.0 Å². The molecule has 0 radical (unpaired) electrons. The molecule has 0 bridgehead atoms. The molecule has 0 saturated carbocycles. The van der Waals surface area contributed by atoms with E-state index in [1.807, 2.05) is 93.5 Å². The number of amides is 1. The Labute approximate surface area is 229 Å². The van der Waals surface area contributed by atoms with Gasteiger partial charge in [-0.15, -0.1) is 0 Å². The summed E-state index contributed by atoms with van der Waals surface area (Å²) >= 11 is 0. The minimum atomic E-state index is -0.565. The van der Waals surface area contributed by atoms with Crippen LogP contribution in [0.15, 0.2) is 70.7 Å². The number of para-hydroxylation sites is 1. The number of hydrogen-bond acceptors (Lipinski definition) is 8. The third-order valence-corrected chi connectivity index (χ3v) is 6.88. The highest BCUT2D eigenvalue weighted by atomic mass is 32.1. The van der Waals surface area contributed by atoms with Gasteiger partial charge >= 0.3 is 6.09 Å². The van der Waals surface area contributed by atoms with E-state index in [2.05, 4.69) is 15.3 Å². The van der Waals surface area contributed by atoms with Crippen LogP contribution in [0.1, 0.15) is 31.3 Å². The summed E-state index contributed by atoms with van der Waals surface area (Å²) in [6.45, 7) is 5.46. The molecule has 38 heavy (non-hydrogen) atoms. The number of ether oxygens (including phenoxy) is 1. The van der Waals surface area contributed by atoms with Crippen LogP contribution in [0.25, 0.3) is 10.9 Å². The predicted octanol–water partition coefficient (Wildman–Crippen LogP) is 4.27. The molecule has 0 unspecified atom stereocenters. The number of anilines is 1. The molecular formula is C28H31N7O2S. The van der Waals surface area contributed by atoms with Crippen molar-refractivity contribution in [1.82, 2.24) is 19.8 Å². The number of nitriles is 1. The number of amidine groups is 1. The highest BCUT2D eigenvalue weighted by molar-refractivity contribution is 7.59. The molecule has 0 saturated heterocycles. The number of hydrogen-bond donors (Lipinski definition) is 1. The molecule has 2 aliphatic heterocycles. The molecule has 1 aromatic heterocycles. The molecule has 3 heterocycles. The lowest BCUT2D eigenvalue weighted by Gasteiger charge is -2.35. The summed E-state index contributed by atoms with van der Waals surface area (Å²) in [6.07, 6.45) is -0.758. The highest BCUT2D eigenvalue weighted by Crippen LogP contribution is 2.39. The predicted molar refractivity (Wildman–Crippen MR) is 153 cm³/mol. The van der Waals surface area contributed by atoms with Crippen LogP contribution in [0.2, 0.25) is 0 Å². The van der Waals surface area contributed by atoms with Gasteiger partial charge in [0, 0.05) is 17.5 Å². The van der Waals surface area contributed by atoms with E-state index >= 15 is 0 Å². The Bertz CT molecular complexity index is 1460. The zero-order valence-electron chi connectivity index (χ0n) is 21.9. The Balaban J connectivity index is 0.00000336. The molecule has 0 spiro atoms. The molecule has 196 valence electrons. The summed E-state index contributed by atoms with van der Waals surface area (Å²) in [4.78, 5) is 30.7. The summed E-state index contributed by atoms with van der Waals surface area (Å²) < 4.78 is 6.08. The van der Waals surface area contributed by atoms with Crippen LogP contribution in [0.4, 0.5) is 10.6 Å². The fourth-order valence-corrected chi connectivity index (χ4v) is 4.88. The van der Waals surface area contributed by atoms with Gasteiger partial charge in [0.25, 0.3) is 0 Å². The fourth-order valence-electron chi connectivity index (χ4n) is 4.88. The molecule has 1 amide bonds. The van der Waals surface area contributed by atoms with Crippen LogP contribution >= 0.6 is 13.5 Å². The third kappa shape index (κ3) is 5.08. The van der Waals surface area contributed by atoms with Crippen molar-refractivity contribution >= 4 is 42.1 Å². The van der Waals surface area contributed by atoms with Gasteiger partial charge in [0.15, 0.2) is 0 Å². The number of fused-ring (bicyclic) bond motifs is 1. The summed E-state index contributed by atoms with van der Waals surface area (Å²) in [5, 5.41) is 13.5. The average molecular weight is 530 g/mol. The van der Waals surface area contributed by atoms with Crippen LogP contribution in [-0.2, 0) is 4.74 Å². The van der Waals surface area contributed by atoms with Gasteiger partial charge in [0.1, 0.15) is 23.8 Å². The van der Waals surface area contributed by atoms with Crippen molar-refractivity contribution in [2.75, 3.05) is 39.0 Å². The number of nitrogens with one attached hydrogen (secondary N) is 1. The Kier molecular flexibility index (Phi) is 7.71. The summed E-state index contributed by atoms with van der Waals surface area (Å²) in [5.41, 5.74) is 3.08. The van der Waals surface area contributed by atoms with E-state index < -0.39 is 11.6 Å². The summed E-state index contributed by atoms with van der Waals surface area (Å²) in [5.74, 6) is 1.25. The van der Waals surface area contributed by atoms with E-state index in [1.165, 1.54) is 0 Å². The Morgan fingerprint density at radius 1 is 1.16 bits per heavy atom. The molecule has 2 aromatic carbocycles. The zero-order valence-corrected chi connectivity index (χ0v) is 22.9. The molecule has 2 aliphatic rings. The van der Waals surface area contributed by atoms with Crippen molar-refractivity contribution in [2.45, 2.75) is 25.5 Å². The lowest BCUT2D eigenvalue weighted by atomic mass is 9.94. The van der Waals surface area contributed by atoms with Crippen LogP contribution in [0.5, 0.6) is 0 Å². The Hall–Kier alpha value is -3.94. The molecule has 0 fully saturated rings. The fraction of sp³-hybridized carbons (Fsp3) is 0.321. The number of benzene rings is 2.